The molecule has 0 bridgehead atoms. The molecular formula is C22H33ClN4O3S. The number of carbonyl (C=O) groups is 1. The van der Waals surface area contributed by atoms with Gasteiger partial charge in [-0.05, 0) is 43.7 Å². The maximum absolute atomic E-state index is 12.9. The first-order chi connectivity index (χ1) is 14.9. The molecule has 31 heavy (non-hydrogen) atoms. The van der Waals surface area contributed by atoms with Gasteiger partial charge in [0.25, 0.3) is 0 Å². The molecule has 0 aromatic heterocycles. The van der Waals surface area contributed by atoms with Gasteiger partial charge >= 0.3 is 6.03 Å². The van der Waals surface area contributed by atoms with Crippen molar-refractivity contribution >= 4 is 27.7 Å². The molecule has 0 spiro atoms. The quantitative estimate of drug-likeness (QED) is 0.721. The molecule has 7 nitrogen and oxygen atoms in total. The van der Waals surface area contributed by atoms with E-state index >= 15 is 0 Å². The molecule has 172 valence electrons. The van der Waals surface area contributed by atoms with Crippen LogP contribution < -0.4 is 5.32 Å². The van der Waals surface area contributed by atoms with Crippen LogP contribution in [-0.4, -0.2) is 80.4 Å². The molecule has 2 aliphatic heterocycles. The highest BCUT2D eigenvalue weighted by atomic mass is 35.5. The summed E-state index contributed by atoms with van der Waals surface area (Å²) in [5.74, 6) is 0.865. The SMILES string of the molecule is O=C(NC1CCN(CC2CCCC2)CC1)N1CCN(S(=O)(=O)c2ccccc2Cl)CC1. The second kappa shape index (κ2) is 10.1. The number of benzene rings is 1. The topological polar surface area (TPSA) is 73.0 Å². The molecule has 2 saturated heterocycles. The smallest absolute Gasteiger partial charge is 0.317 e. The van der Waals surface area contributed by atoms with Gasteiger partial charge in [-0.15, -0.1) is 0 Å². The molecule has 2 heterocycles. The number of piperazine rings is 1. The van der Waals surface area contributed by atoms with E-state index in [2.05, 4.69) is 10.2 Å². The lowest BCUT2D eigenvalue weighted by Crippen LogP contribution is -2.55. The van der Waals surface area contributed by atoms with Crippen LogP contribution in [0.4, 0.5) is 4.79 Å². The summed E-state index contributed by atoms with van der Waals surface area (Å²) in [5.41, 5.74) is 0. The van der Waals surface area contributed by atoms with Crippen molar-refractivity contribution in [2.45, 2.75) is 49.5 Å². The Morgan fingerprint density at radius 2 is 1.61 bits per heavy atom. The van der Waals surface area contributed by atoms with Crippen LogP contribution in [0.5, 0.6) is 0 Å². The highest BCUT2D eigenvalue weighted by molar-refractivity contribution is 7.89. The normalized spacial score (nSPS) is 22.7. The fourth-order valence-electron chi connectivity index (χ4n) is 5.01. The van der Waals surface area contributed by atoms with Crippen LogP contribution in [0.25, 0.3) is 0 Å². The number of piperidine rings is 1. The van der Waals surface area contributed by atoms with Gasteiger partial charge in [0.2, 0.25) is 10.0 Å². The molecule has 0 unspecified atom stereocenters. The van der Waals surface area contributed by atoms with Crippen molar-refractivity contribution in [3.05, 3.63) is 29.3 Å². The van der Waals surface area contributed by atoms with Gasteiger partial charge in [0.1, 0.15) is 4.90 Å². The van der Waals surface area contributed by atoms with E-state index in [9.17, 15) is 13.2 Å². The van der Waals surface area contributed by atoms with Crippen molar-refractivity contribution in [1.29, 1.82) is 0 Å². The van der Waals surface area contributed by atoms with E-state index in [0.717, 1.165) is 31.8 Å². The summed E-state index contributed by atoms with van der Waals surface area (Å²) in [5, 5.41) is 3.39. The molecule has 1 aliphatic carbocycles. The van der Waals surface area contributed by atoms with E-state index in [1.165, 1.54) is 42.6 Å². The number of nitrogens with zero attached hydrogens (tertiary/aromatic N) is 3. The van der Waals surface area contributed by atoms with E-state index in [1.54, 1.807) is 23.1 Å². The Labute approximate surface area is 190 Å². The molecule has 2 amide bonds. The third-order valence-electron chi connectivity index (χ3n) is 6.89. The zero-order valence-electron chi connectivity index (χ0n) is 18.0. The molecule has 1 N–H and O–H groups in total. The third kappa shape index (κ3) is 5.53. The Bertz CT molecular complexity index is 859. The molecule has 3 aliphatic rings. The average molecular weight is 469 g/mol. The molecular weight excluding hydrogens is 436 g/mol. The summed E-state index contributed by atoms with van der Waals surface area (Å²) < 4.78 is 27.2. The highest BCUT2D eigenvalue weighted by Gasteiger charge is 2.32. The maximum Gasteiger partial charge on any atom is 0.317 e. The average Bonchev–Trinajstić information content (AvgIpc) is 3.28. The van der Waals surface area contributed by atoms with E-state index < -0.39 is 10.0 Å². The number of sulfonamides is 1. The minimum absolute atomic E-state index is 0.0796. The lowest BCUT2D eigenvalue weighted by molar-refractivity contribution is 0.149. The van der Waals surface area contributed by atoms with Crippen molar-refractivity contribution < 1.29 is 13.2 Å². The summed E-state index contributed by atoms with van der Waals surface area (Å²) >= 11 is 6.09. The van der Waals surface area contributed by atoms with Crippen LogP contribution in [-0.2, 0) is 10.0 Å². The molecule has 1 saturated carbocycles. The Morgan fingerprint density at radius 3 is 2.26 bits per heavy atom. The minimum Gasteiger partial charge on any atom is -0.335 e. The van der Waals surface area contributed by atoms with Crippen molar-refractivity contribution in [3.63, 3.8) is 0 Å². The van der Waals surface area contributed by atoms with E-state index in [-0.39, 0.29) is 35.1 Å². The van der Waals surface area contributed by atoms with Gasteiger partial charge in [0.05, 0.1) is 5.02 Å². The predicted octanol–water partition coefficient (Wildman–Crippen LogP) is 3.01. The van der Waals surface area contributed by atoms with E-state index in [1.807, 2.05) is 0 Å². The molecule has 1 aromatic carbocycles. The summed E-state index contributed by atoms with van der Waals surface area (Å²) in [7, 11) is -3.65. The second-order valence-corrected chi connectivity index (χ2v) is 11.3. The molecule has 1 aromatic rings. The summed E-state index contributed by atoms with van der Waals surface area (Å²) in [4.78, 5) is 17.1. The number of hydrogen-bond donors (Lipinski definition) is 1. The molecule has 4 rings (SSSR count). The number of rotatable bonds is 5. The number of nitrogens with one attached hydrogen (secondary N) is 1. The van der Waals surface area contributed by atoms with Crippen LogP contribution in [0.1, 0.15) is 38.5 Å². The third-order valence-corrected chi connectivity index (χ3v) is 9.29. The van der Waals surface area contributed by atoms with Crippen molar-refractivity contribution in [1.82, 2.24) is 19.4 Å². The Morgan fingerprint density at radius 1 is 0.968 bits per heavy atom. The first kappa shape index (κ1) is 22.8. The lowest BCUT2D eigenvalue weighted by atomic mass is 10.0. The standard InChI is InChI=1S/C22H33ClN4O3S/c23-20-7-3-4-8-21(20)31(29,30)27-15-13-26(14-16-27)22(28)24-19-9-11-25(12-10-19)17-18-5-1-2-6-18/h3-4,7-8,18-19H,1-2,5-6,9-17H2,(H,24,28). The van der Waals surface area contributed by atoms with Gasteiger partial charge in [-0.3, -0.25) is 0 Å². The van der Waals surface area contributed by atoms with E-state index in [0.29, 0.717) is 13.1 Å². The monoisotopic (exact) mass is 468 g/mol. The van der Waals surface area contributed by atoms with Gasteiger partial charge < -0.3 is 15.1 Å². The fourth-order valence-corrected chi connectivity index (χ4v) is 6.92. The van der Waals surface area contributed by atoms with Crippen molar-refractivity contribution in [2.24, 2.45) is 5.92 Å². The van der Waals surface area contributed by atoms with Gasteiger partial charge in [-0.25, -0.2) is 13.2 Å². The largest absolute Gasteiger partial charge is 0.335 e. The molecule has 9 heteroatoms. The maximum atomic E-state index is 12.9. The summed E-state index contributed by atoms with van der Waals surface area (Å²) in [6, 6.07) is 6.61. The summed E-state index contributed by atoms with van der Waals surface area (Å²) in [6.45, 7) is 4.63. The lowest BCUT2D eigenvalue weighted by Gasteiger charge is -2.37. The fraction of sp³-hybridized carbons (Fsp3) is 0.682. The number of hydrogen-bond acceptors (Lipinski definition) is 4. The van der Waals surface area contributed by atoms with Gasteiger partial charge in [0.15, 0.2) is 0 Å². The summed E-state index contributed by atoms with van der Waals surface area (Å²) in [6.07, 6.45) is 7.47. The zero-order valence-corrected chi connectivity index (χ0v) is 19.6. The van der Waals surface area contributed by atoms with Crippen LogP contribution >= 0.6 is 11.6 Å². The first-order valence-corrected chi connectivity index (χ1v) is 13.3. The highest BCUT2D eigenvalue weighted by Crippen LogP contribution is 2.27. The van der Waals surface area contributed by atoms with Crippen molar-refractivity contribution in [3.8, 4) is 0 Å². The van der Waals surface area contributed by atoms with Crippen LogP contribution in [0.2, 0.25) is 5.02 Å². The van der Waals surface area contributed by atoms with Crippen molar-refractivity contribution in [2.75, 3.05) is 45.8 Å². The Kier molecular flexibility index (Phi) is 7.41. The Balaban J connectivity index is 1.22. The molecule has 0 atom stereocenters. The van der Waals surface area contributed by atoms with Gasteiger partial charge in [0, 0.05) is 51.9 Å². The van der Waals surface area contributed by atoms with Crippen LogP contribution in [0, 0.1) is 5.92 Å². The molecule has 0 radical (unpaired) electrons. The minimum atomic E-state index is -3.65. The molecule has 3 fully saturated rings. The predicted molar refractivity (Wildman–Crippen MR) is 122 cm³/mol. The number of halogens is 1. The zero-order chi connectivity index (χ0) is 21.8. The van der Waals surface area contributed by atoms with Gasteiger partial charge in [-0.2, -0.15) is 4.31 Å². The number of amides is 2. The van der Waals surface area contributed by atoms with Crippen LogP contribution in [0.15, 0.2) is 29.2 Å². The van der Waals surface area contributed by atoms with E-state index in [4.69, 9.17) is 11.6 Å². The first-order valence-electron chi connectivity index (χ1n) is 11.5. The second-order valence-electron chi connectivity index (χ2n) is 9.00. The number of urea groups is 1. The van der Waals surface area contributed by atoms with Crippen LogP contribution in [0.3, 0.4) is 0 Å². The van der Waals surface area contributed by atoms with Gasteiger partial charge in [-0.1, -0.05) is 36.6 Å². The number of likely N-dealkylation sites (tertiary alicyclic amines) is 1. The number of carbonyl (C=O) groups excluding carboxylic acids is 1. The Hall–Kier alpha value is -1.35.